The van der Waals surface area contributed by atoms with Crippen molar-refractivity contribution < 1.29 is 4.74 Å². The van der Waals surface area contributed by atoms with Crippen molar-refractivity contribution in [3.63, 3.8) is 0 Å². The van der Waals surface area contributed by atoms with Crippen LogP contribution in [0, 0.1) is 0 Å². The fourth-order valence-electron chi connectivity index (χ4n) is 3.99. The Labute approximate surface area is 164 Å². The number of rotatable bonds is 10. The van der Waals surface area contributed by atoms with Crippen molar-refractivity contribution in [2.45, 2.75) is 52.0 Å². The molecule has 0 radical (unpaired) electrons. The average molecular weight is 367 g/mol. The van der Waals surface area contributed by atoms with Gasteiger partial charge in [0.25, 0.3) is 0 Å². The first-order chi connectivity index (χ1) is 13.3. The third kappa shape index (κ3) is 5.33. The van der Waals surface area contributed by atoms with Gasteiger partial charge in [-0.05, 0) is 30.0 Å². The summed E-state index contributed by atoms with van der Waals surface area (Å²) in [5, 5.41) is 0. The van der Waals surface area contributed by atoms with Crippen LogP contribution in [0.5, 0.6) is 0 Å². The average Bonchev–Trinajstić information content (AvgIpc) is 3.06. The zero-order valence-electron chi connectivity index (χ0n) is 16.8. The summed E-state index contributed by atoms with van der Waals surface area (Å²) in [5.74, 6) is 0. The largest absolute Gasteiger partial charge is 0.379 e. The van der Waals surface area contributed by atoms with Gasteiger partial charge in [0.2, 0.25) is 0 Å². The zero-order chi connectivity index (χ0) is 18.9. The predicted octanol–water partition coefficient (Wildman–Crippen LogP) is 5.60. The number of nitrogens with zero attached hydrogens (tertiary/aromatic N) is 2. The van der Waals surface area contributed by atoms with E-state index in [-0.39, 0.29) is 0 Å². The van der Waals surface area contributed by atoms with Crippen LogP contribution < -0.4 is 0 Å². The third-order valence-corrected chi connectivity index (χ3v) is 5.46. The summed E-state index contributed by atoms with van der Waals surface area (Å²) in [7, 11) is 0. The summed E-state index contributed by atoms with van der Waals surface area (Å²) in [6, 6.07) is 13.2. The molecule has 1 fully saturated rings. The standard InChI is InChI=1S/C24H34N2O/c1-3-5-6-7-9-14-22-19-23(20-25-15-17-27-18-16-25)26(4-2)24(22)21-12-10-8-11-13-21/h4,8,10-13,19H,2-3,5-7,9,14-18,20H2,1H3. The van der Waals surface area contributed by atoms with Crippen LogP contribution in [0.1, 0.15) is 50.3 Å². The highest BCUT2D eigenvalue weighted by Crippen LogP contribution is 2.30. The molecule has 0 atom stereocenters. The molecule has 1 aromatic heterocycles. The molecule has 1 saturated heterocycles. The highest BCUT2D eigenvalue weighted by molar-refractivity contribution is 5.68. The molecular formula is C24H34N2O. The molecule has 1 aliphatic rings. The van der Waals surface area contributed by atoms with E-state index in [1.807, 2.05) is 6.20 Å². The predicted molar refractivity (Wildman–Crippen MR) is 115 cm³/mol. The molecular weight excluding hydrogens is 332 g/mol. The van der Waals surface area contributed by atoms with E-state index < -0.39 is 0 Å². The van der Waals surface area contributed by atoms with Crippen LogP contribution in [0.15, 0.2) is 43.0 Å². The molecule has 1 aliphatic heterocycles. The molecule has 0 bridgehead atoms. The van der Waals surface area contributed by atoms with Crippen LogP contribution in [-0.2, 0) is 17.7 Å². The molecule has 0 N–H and O–H groups in total. The summed E-state index contributed by atoms with van der Waals surface area (Å²) in [6.07, 6.45) is 9.70. The second kappa shape index (κ2) is 10.5. The van der Waals surface area contributed by atoms with Crippen molar-refractivity contribution in [1.29, 1.82) is 0 Å². The van der Waals surface area contributed by atoms with E-state index in [0.29, 0.717) is 0 Å². The Bertz CT molecular complexity index is 699. The molecule has 3 nitrogen and oxygen atoms in total. The lowest BCUT2D eigenvalue weighted by molar-refractivity contribution is 0.0335. The quantitative estimate of drug-likeness (QED) is 0.509. The molecule has 0 amide bonds. The Morgan fingerprint density at radius 2 is 1.78 bits per heavy atom. The molecule has 2 aromatic rings. The maximum Gasteiger partial charge on any atom is 0.0594 e. The Balaban J connectivity index is 1.83. The molecule has 146 valence electrons. The molecule has 0 unspecified atom stereocenters. The number of benzene rings is 1. The molecule has 0 aliphatic carbocycles. The van der Waals surface area contributed by atoms with Crippen molar-refractivity contribution in [2.24, 2.45) is 0 Å². The van der Waals surface area contributed by atoms with E-state index in [4.69, 9.17) is 4.74 Å². The van der Waals surface area contributed by atoms with Gasteiger partial charge in [-0.2, -0.15) is 0 Å². The van der Waals surface area contributed by atoms with Gasteiger partial charge in [-0.25, -0.2) is 0 Å². The number of aryl methyl sites for hydroxylation is 1. The number of ether oxygens (including phenoxy) is 1. The van der Waals surface area contributed by atoms with E-state index >= 15 is 0 Å². The van der Waals surface area contributed by atoms with Gasteiger partial charge in [-0.1, -0.05) is 69.5 Å². The number of morpholine rings is 1. The molecule has 3 heteroatoms. The van der Waals surface area contributed by atoms with Gasteiger partial charge in [-0.3, -0.25) is 4.90 Å². The monoisotopic (exact) mass is 366 g/mol. The lowest BCUT2D eigenvalue weighted by Gasteiger charge is -2.26. The second-order valence-corrected chi connectivity index (χ2v) is 7.48. The number of aromatic nitrogens is 1. The Kier molecular flexibility index (Phi) is 7.73. The molecule has 27 heavy (non-hydrogen) atoms. The van der Waals surface area contributed by atoms with Crippen LogP contribution in [0.4, 0.5) is 0 Å². The minimum atomic E-state index is 0.838. The third-order valence-electron chi connectivity index (χ3n) is 5.46. The topological polar surface area (TPSA) is 17.4 Å². The fourth-order valence-corrected chi connectivity index (χ4v) is 3.99. The lowest BCUT2D eigenvalue weighted by atomic mass is 10.0. The van der Waals surface area contributed by atoms with Crippen molar-refractivity contribution in [3.8, 4) is 11.3 Å². The Morgan fingerprint density at radius 1 is 1.04 bits per heavy atom. The van der Waals surface area contributed by atoms with Crippen LogP contribution in [0.2, 0.25) is 0 Å². The van der Waals surface area contributed by atoms with Gasteiger partial charge in [0.15, 0.2) is 0 Å². The van der Waals surface area contributed by atoms with E-state index in [1.54, 1.807) is 0 Å². The van der Waals surface area contributed by atoms with Crippen molar-refractivity contribution in [3.05, 3.63) is 54.2 Å². The van der Waals surface area contributed by atoms with Gasteiger partial charge < -0.3 is 9.30 Å². The zero-order valence-corrected chi connectivity index (χ0v) is 16.8. The summed E-state index contributed by atoms with van der Waals surface area (Å²) >= 11 is 0. The van der Waals surface area contributed by atoms with Gasteiger partial charge in [0.1, 0.15) is 0 Å². The number of unbranched alkanes of at least 4 members (excludes halogenated alkanes) is 4. The minimum absolute atomic E-state index is 0.838. The first kappa shape index (κ1) is 19.9. The van der Waals surface area contributed by atoms with Crippen LogP contribution in [-0.4, -0.2) is 35.8 Å². The molecule has 0 spiro atoms. The number of hydrogen-bond acceptors (Lipinski definition) is 2. The summed E-state index contributed by atoms with van der Waals surface area (Å²) in [5.41, 5.74) is 5.41. The summed E-state index contributed by atoms with van der Waals surface area (Å²) < 4.78 is 7.82. The van der Waals surface area contributed by atoms with E-state index in [9.17, 15) is 0 Å². The van der Waals surface area contributed by atoms with E-state index in [0.717, 1.165) is 39.3 Å². The van der Waals surface area contributed by atoms with Crippen molar-refractivity contribution >= 4 is 6.20 Å². The smallest absolute Gasteiger partial charge is 0.0594 e. The second-order valence-electron chi connectivity index (χ2n) is 7.48. The van der Waals surface area contributed by atoms with Crippen molar-refractivity contribution in [2.75, 3.05) is 26.3 Å². The van der Waals surface area contributed by atoms with Crippen LogP contribution >= 0.6 is 0 Å². The highest BCUT2D eigenvalue weighted by atomic mass is 16.5. The number of hydrogen-bond donors (Lipinski definition) is 0. The van der Waals surface area contributed by atoms with Gasteiger partial charge in [0.05, 0.1) is 18.9 Å². The summed E-state index contributed by atoms with van der Waals surface area (Å²) in [6.45, 7) is 11.1. The first-order valence-corrected chi connectivity index (χ1v) is 10.5. The van der Waals surface area contributed by atoms with Gasteiger partial charge in [0, 0.05) is 31.5 Å². The maximum absolute atomic E-state index is 5.51. The minimum Gasteiger partial charge on any atom is -0.379 e. The fraction of sp³-hybridized carbons (Fsp3) is 0.500. The maximum atomic E-state index is 5.51. The molecule has 3 rings (SSSR count). The Morgan fingerprint density at radius 3 is 2.48 bits per heavy atom. The van der Waals surface area contributed by atoms with Gasteiger partial charge >= 0.3 is 0 Å². The first-order valence-electron chi connectivity index (χ1n) is 10.5. The summed E-state index contributed by atoms with van der Waals surface area (Å²) in [4.78, 5) is 2.48. The van der Waals surface area contributed by atoms with Crippen LogP contribution in [0.3, 0.4) is 0 Å². The molecule has 1 aromatic carbocycles. The normalized spacial score (nSPS) is 15.1. The lowest BCUT2D eigenvalue weighted by Crippen LogP contribution is -2.36. The Hall–Kier alpha value is -1.84. The van der Waals surface area contributed by atoms with Gasteiger partial charge in [-0.15, -0.1) is 0 Å². The van der Waals surface area contributed by atoms with E-state index in [2.05, 4.69) is 59.4 Å². The SMILES string of the molecule is C=Cn1c(CN2CCOCC2)cc(CCCCCCC)c1-c1ccccc1. The van der Waals surface area contributed by atoms with E-state index in [1.165, 1.54) is 54.6 Å². The molecule has 2 heterocycles. The van der Waals surface area contributed by atoms with Crippen molar-refractivity contribution in [1.82, 2.24) is 9.47 Å². The highest BCUT2D eigenvalue weighted by Gasteiger charge is 2.18. The molecule has 0 saturated carbocycles. The van der Waals surface area contributed by atoms with Crippen LogP contribution in [0.25, 0.3) is 17.5 Å².